The van der Waals surface area contributed by atoms with E-state index < -0.39 is 0 Å². The third-order valence-corrected chi connectivity index (χ3v) is 6.82. The molecular weight excluding hydrogens is 433 g/mol. The van der Waals surface area contributed by atoms with Crippen LogP contribution in [-0.2, 0) is 6.54 Å². The minimum atomic E-state index is -0.327. The fourth-order valence-electron chi connectivity index (χ4n) is 4.72. The first-order valence-electron chi connectivity index (χ1n) is 12.1. The number of nitrogens with zero attached hydrogens (tertiary/aromatic N) is 3. The Hall–Kier alpha value is -2.77. The fraction of sp³-hybridized carbons (Fsp3) is 0.481. The Kier molecular flexibility index (Phi) is 7.63. The molecule has 2 heterocycles. The maximum atomic E-state index is 14.2. The summed E-state index contributed by atoms with van der Waals surface area (Å²) in [5, 5.41) is 9.84. The first-order chi connectivity index (χ1) is 16.4. The molecule has 0 radical (unpaired) electrons. The second kappa shape index (κ2) is 10.7. The van der Waals surface area contributed by atoms with Gasteiger partial charge in [-0.1, -0.05) is 31.2 Å². The summed E-state index contributed by atoms with van der Waals surface area (Å²) in [4.78, 5) is 21.9. The predicted molar refractivity (Wildman–Crippen MR) is 130 cm³/mol. The highest BCUT2D eigenvalue weighted by Gasteiger charge is 2.34. The second-order valence-corrected chi connectivity index (χ2v) is 9.61. The van der Waals surface area contributed by atoms with Crippen molar-refractivity contribution in [3.8, 4) is 5.88 Å². The Bertz CT molecular complexity index is 1060. The highest BCUT2D eigenvalue weighted by Crippen LogP contribution is 2.32. The summed E-state index contributed by atoms with van der Waals surface area (Å²) in [5.41, 5.74) is 3.22. The number of hydrogen-bond acceptors (Lipinski definition) is 5. The number of halogens is 1. The van der Waals surface area contributed by atoms with Gasteiger partial charge >= 0.3 is 0 Å². The van der Waals surface area contributed by atoms with Crippen LogP contribution in [0.2, 0.25) is 0 Å². The number of carbonyl (C=O) groups is 1. The van der Waals surface area contributed by atoms with E-state index in [4.69, 9.17) is 4.74 Å². The molecule has 0 unspecified atom stereocenters. The number of aliphatic hydroxyl groups excluding tert-OH is 1. The summed E-state index contributed by atoms with van der Waals surface area (Å²) in [5.74, 6) is -0.101. The number of aromatic nitrogens is 1. The molecule has 4 rings (SSSR count). The van der Waals surface area contributed by atoms with Crippen molar-refractivity contribution >= 4 is 11.5 Å². The van der Waals surface area contributed by atoms with Gasteiger partial charge < -0.3 is 14.7 Å². The van der Waals surface area contributed by atoms with Gasteiger partial charge in [-0.05, 0) is 56.5 Å². The van der Waals surface area contributed by atoms with E-state index in [1.54, 1.807) is 23.2 Å². The molecule has 34 heavy (non-hydrogen) atoms. The number of allylic oxidation sites excluding steroid dienone is 2. The Labute approximate surface area is 201 Å². The molecule has 2 aliphatic rings. The minimum Gasteiger partial charge on any atom is -0.472 e. The first-order valence-corrected chi connectivity index (χ1v) is 12.1. The van der Waals surface area contributed by atoms with E-state index in [0.717, 1.165) is 24.8 Å². The van der Waals surface area contributed by atoms with Crippen LogP contribution in [0.25, 0.3) is 5.57 Å². The van der Waals surface area contributed by atoms with Gasteiger partial charge in [-0.15, -0.1) is 0 Å². The third-order valence-electron chi connectivity index (χ3n) is 6.82. The smallest absolute Gasteiger partial charge is 0.259 e. The van der Waals surface area contributed by atoms with E-state index in [1.165, 1.54) is 11.6 Å². The average Bonchev–Trinajstić information content (AvgIpc) is 3.37. The molecule has 7 heteroatoms. The summed E-state index contributed by atoms with van der Waals surface area (Å²) in [7, 11) is 1.94. The Morgan fingerprint density at radius 2 is 2.15 bits per heavy atom. The van der Waals surface area contributed by atoms with Crippen molar-refractivity contribution in [2.75, 3.05) is 26.7 Å². The number of fused-ring (bicyclic) bond motifs is 1. The van der Waals surface area contributed by atoms with Crippen molar-refractivity contribution in [1.82, 2.24) is 14.8 Å². The molecule has 2 aromatic rings. The SMILES string of the molecule is C[C@@H]1CN([C@@H](C)CO)C(=O)c2cc(C3=CCCC3)cnc2O[C@H]1CN(C)Cc1ccccc1F. The average molecular weight is 468 g/mol. The molecule has 1 aliphatic heterocycles. The van der Waals surface area contributed by atoms with Gasteiger partial charge in [0, 0.05) is 37.3 Å². The standard InChI is InChI=1S/C27H34FN3O3/c1-18-14-31(19(2)17-32)27(33)23-12-22(20-8-4-5-9-20)13-29-26(23)34-25(18)16-30(3)15-21-10-6-7-11-24(21)28/h6-8,10-13,18-19,25,32H,4-5,9,14-17H2,1-3H3/t18-,19+,25+/m1/s1. The molecule has 0 saturated carbocycles. The Balaban J connectivity index is 1.62. The van der Waals surface area contributed by atoms with E-state index in [0.29, 0.717) is 36.6 Å². The number of hydrogen-bond donors (Lipinski definition) is 1. The fourth-order valence-corrected chi connectivity index (χ4v) is 4.72. The van der Waals surface area contributed by atoms with Crippen LogP contribution >= 0.6 is 0 Å². The molecule has 0 saturated heterocycles. The third kappa shape index (κ3) is 5.31. The Morgan fingerprint density at radius 1 is 1.35 bits per heavy atom. The number of amides is 1. The molecule has 1 aromatic carbocycles. The summed E-state index contributed by atoms with van der Waals surface area (Å²) < 4.78 is 20.5. The molecule has 182 valence electrons. The van der Waals surface area contributed by atoms with Crippen LogP contribution in [0, 0.1) is 11.7 Å². The normalized spacial score (nSPS) is 21.5. The molecule has 1 N–H and O–H groups in total. The number of carbonyl (C=O) groups excluding carboxylic acids is 1. The maximum absolute atomic E-state index is 14.2. The Morgan fingerprint density at radius 3 is 2.85 bits per heavy atom. The molecule has 6 nitrogen and oxygen atoms in total. The van der Waals surface area contributed by atoms with Crippen LogP contribution in [0.5, 0.6) is 5.88 Å². The summed E-state index contributed by atoms with van der Waals surface area (Å²) in [6.07, 6.45) is 6.86. The van der Waals surface area contributed by atoms with Gasteiger partial charge in [0.1, 0.15) is 17.5 Å². The number of ether oxygens (including phenoxy) is 1. The van der Waals surface area contributed by atoms with Crippen LogP contribution in [0.3, 0.4) is 0 Å². The van der Waals surface area contributed by atoms with Crippen molar-refractivity contribution in [3.05, 3.63) is 65.1 Å². The van der Waals surface area contributed by atoms with Crippen molar-refractivity contribution in [2.45, 2.75) is 51.8 Å². The molecule has 1 amide bonds. The number of rotatable bonds is 7. The predicted octanol–water partition coefficient (Wildman–Crippen LogP) is 4.14. The van der Waals surface area contributed by atoms with Crippen LogP contribution in [0.1, 0.15) is 54.6 Å². The van der Waals surface area contributed by atoms with Crippen molar-refractivity contribution in [3.63, 3.8) is 0 Å². The zero-order chi connectivity index (χ0) is 24.2. The van der Waals surface area contributed by atoms with Crippen LogP contribution in [0.4, 0.5) is 4.39 Å². The zero-order valence-electron chi connectivity index (χ0n) is 20.2. The lowest BCUT2D eigenvalue weighted by Gasteiger charge is -2.37. The molecule has 0 spiro atoms. The van der Waals surface area contributed by atoms with Crippen molar-refractivity contribution < 1.29 is 19.0 Å². The van der Waals surface area contributed by atoms with Gasteiger partial charge in [0.2, 0.25) is 5.88 Å². The quantitative estimate of drug-likeness (QED) is 0.663. The van der Waals surface area contributed by atoms with E-state index in [-0.39, 0.29) is 36.4 Å². The highest BCUT2D eigenvalue weighted by atomic mass is 19.1. The van der Waals surface area contributed by atoms with Gasteiger partial charge in [0.15, 0.2) is 0 Å². The van der Waals surface area contributed by atoms with E-state index in [9.17, 15) is 14.3 Å². The molecule has 0 bridgehead atoms. The summed E-state index contributed by atoms with van der Waals surface area (Å²) in [6, 6.07) is 8.33. The lowest BCUT2D eigenvalue weighted by Crippen LogP contribution is -2.49. The van der Waals surface area contributed by atoms with Crippen LogP contribution in [0.15, 0.2) is 42.6 Å². The van der Waals surface area contributed by atoms with Gasteiger partial charge in [-0.3, -0.25) is 9.69 Å². The van der Waals surface area contributed by atoms with Crippen molar-refractivity contribution in [2.24, 2.45) is 5.92 Å². The van der Waals surface area contributed by atoms with Crippen molar-refractivity contribution in [1.29, 1.82) is 0 Å². The number of pyridine rings is 1. The monoisotopic (exact) mass is 467 g/mol. The van der Waals surface area contributed by atoms with Gasteiger partial charge in [0.25, 0.3) is 5.91 Å². The number of aliphatic hydroxyl groups is 1. The first kappa shape index (κ1) is 24.4. The molecule has 1 aromatic heterocycles. The maximum Gasteiger partial charge on any atom is 0.259 e. The topological polar surface area (TPSA) is 65.9 Å². The van der Waals surface area contributed by atoms with Crippen LogP contribution < -0.4 is 4.74 Å². The number of benzene rings is 1. The van der Waals surface area contributed by atoms with E-state index >= 15 is 0 Å². The number of likely N-dealkylation sites (N-methyl/N-ethyl adjacent to an activating group) is 1. The molecular formula is C27H34FN3O3. The summed E-state index contributed by atoms with van der Waals surface area (Å²) in [6.45, 7) is 5.20. The zero-order valence-corrected chi connectivity index (χ0v) is 20.2. The van der Waals surface area contributed by atoms with Gasteiger partial charge in [0.05, 0.1) is 12.6 Å². The van der Waals surface area contributed by atoms with Gasteiger partial charge in [-0.2, -0.15) is 0 Å². The van der Waals surface area contributed by atoms with Gasteiger partial charge in [-0.25, -0.2) is 9.37 Å². The van der Waals surface area contributed by atoms with E-state index in [1.807, 2.05) is 37.9 Å². The molecule has 1 aliphatic carbocycles. The van der Waals surface area contributed by atoms with E-state index in [2.05, 4.69) is 11.1 Å². The largest absolute Gasteiger partial charge is 0.472 e. The molecule has 3 atom stereocenters. The summed E-state index contributed by atoms with van der Waals surface area (Å²) >= 11 is 0. The van der Waals surface area contributed by atoms with Crippen LogP contribution in [-0.4, -0.2) is 64.7 Å². The molecule has 0 fully saturated rings. The lowest BCUT2D eigenvalue weighted by atomic mass is 9.99. The second-order valence-electron chi connectivity index (χ2n) is 9.61. The highest BCUT2D eigenvalue weighted by molar-refractivity contribution is 5.97. The lowest BCUT2D eigenvalue weighted by molar-refractivity contribution is 0.0324. The minimum absolute atomic E-state index is 0.0202.